The van der Waals surface area contributed by atoms with Gasteiger partial charge in [0.25, 0.3) is 17.9 Å². The van der Waals surface area contributed by atoms with Gasteiger partial charge in [0.15, 0.2) is 5.82 Å². The van der Waals surface area contributed by atoms with Crippen LogP contribution in [0.25, 0.3) is 27.5 Å². The number of aryl methyl sites for hydroxylation is 1. The van der Waals surface area contributed by atoms with Crippen LogP contribution in [-0.2, 0) is 47.2 Å². The van der Waals surface area contributed by atoms with Gasteiger partial charge in [0, 0.05) is 31.0 Å². The fraction of sp³-hybridized carbons (Fsp3) is 0.359. The van der Waals surface area contributed by atoms with Crippen molar-refractivity contribution in [1.29, 1.82) is 0 Å². The summed E-state index contributed by atoms with van der Waals surface area (Å²) in [7, 11) is -2.41. The lowest BCUT2D eigenvalue weighted by molar-refractivity contribution is -0.123. The molecule has 3 atom stereocenters. The molecule has 0 radical (unpaired) electrons. The molecule has 20 heteroatoms. The van der Waals surface area contributed by atoms with Gasteiger partial charge in [-0.1, -0.05) is 17.7 Å². The molecular weight excluding hydrogens is 826 g/mol. The third-order valence-electron chi connectivity index (χ3n) is 11.1. The summed E-state index contributed by atoms with van der Waals surface area (Å²) in [6.07, 6.45) is 0.113. The first kappa shape index (κ1) is 39.1. The third-order valence-corrected chi connectivity index (χ3v) is 12.0. The Hall–Kier alpha value is -5.43. The number of fused-ring (bicyclic) bond motifs is 5. The van der Waals surface area contributed by atoms with Crippen LogP contribution in [0, 0.1) is 23.5 Å². The summed E-state index contributed by atoms with van der Waals surface area (Å²) in [6, 6.07) is 9.18. The van der Waals surface area contributed by atoms with Crippen LogP contribution in [0.2, 0.25) is 5.02 Å². The summed E-state index contributed by atoms with van der Waals surface area (Å²) < 4.78 is 118. The Labute approximate surface area is 336 Å². The van der Waals surface area contributed by atoms with Crippen LogP contribution in [0.3, 0.4) is 0 Å². The number of amides is 1. The molecule has 0 spiro atoms. The minimum atomic E-state index is -3.88. The zero-order valence-corrected chi connectivity index (χ0v) is 32.7. The molecule has 308 valence electrons. The zero-order valence-electron chi connectivity index (χ0n) is 31.1. The average Bonchev–Trinajstić information content (AvgIpc) is 4.04. The number of halogens is 7. The number of aromatic nitrogens is 6. The first-order valence-corrected chi connectivity index (χ1v) is 20.8. The molecule has 1 amide bonds. The van der Waals surface area contributed by atoms with Crippen LogP contribution in [-0.4, -0.2) is 49.7 Å². The number of hydrogen-bond acceptors (Lipinski definition) is 7. The molecule has 9 rings (SSSR count). The number of carbonyl (C=O) groups excluding carboxylic acids is 1. The van der Waals surface area contributed by atoms with E-state index in [1.807, 2.05) is 0 Å². The molecule has 12 nitrogen and oxygen atoms in total. The average molecular weight is 859 g/mol. The van der Waals surface area contributed by atoms with E-state index in [0.717, 1.165) is 41.4 Å². The van der Waals surface area contributed by atoms with Gasteiger partial charge in [-0.25, -0.2) is 31.0 Å². The number of anilines is 1. The number of alkyl halides is 4. The van der Waals surface area contributed by atoms with Gasteiger partial charge in [-0.3, -0.25) is 28.2 Å². The van der Waals surface area contributed by atoms with Crippen molar-refractivity contribution in [2.45, 2.75) is 63.0 Å². The van der Waals surface area contributed by atoms with Crippen molar-refractivity contribution in [2.24, 2.45) is 18.9 Å². The molecular formula is C39H33ClF6N8O4S. The highest BCUT2D eigenvalue weighted by Gasteiger charge is 2.67. The van der Waals surface area contributed by atoms with E-state index in [9.17, 15) is 35.6 Å². The van der Waals surface area contributed by atoms with Crippen LogP contribution >= 0.6 is 11.6 Å². The second kappa shape index (κ2) is 13.8. The number of nitrogens with one attached hydrogen (secondary N) is 2. The quantitative estimate of drug-likeness (QED) is 0.127. The van der Waals surface area contributed by atoms with Gasteiger partial charge < -0.3 is 5.32 Å². The van der Waals surface area contributed by atoms with Crippen molar-refractivity contribution in [2.75, 3.05) is 11.0 Å². The lowest BCUT2D eigenvalue weighted by atomic mass is 10.0. The van der Waals surface area contributed by atoms with Gasteiger partial charge in [-0.2, -0.15) is 19.0 Å². The van der Waals surface area contributed by atoms with Crippen molar-refractivity contribution in [3.63, 3.8) is 0 Å². The van der Waals surface area contributed by atoms with E-state index in [4.69, 9.17) is 16.6 Å². The van der Waals surface area contributed by atoms with E-state index in [1.165, 1.54) is 23.9 Å². The summed E-state index contributed by atoms with van der Waals surface area (Å²) in [5, 5.41) is 11.0. The van der Waals surface area contributed by atoms with Crippen LogP contribution in [0.4, 0.5) is 32.2 Å². The van der Waals surface area contributed by atoms with Crippen LogP contribution in [0.1, 0.15) is 71.6 Å². The molecule has 3 aromatic carbocycles. The van der Waals surface area contributed by atoms with E-state index in [1.54, 1.807) is 18.2 Å². The fourth-order valence-corrected chi connectivity index (χ4v) is 9.14. The molecule has 2 fully saturated rings. The van der Waals surface area contributed by atoms with Gasteiger partial charge in [0.2, 0.25) is 15.9 Å². The summed E-state index contributed by atoms with van der Waals surface area (Å²) in [6.45, 7) is -0.950. The minimum Gasteiger partial charge on any atom is -0.344 e. The lowest BCUT2D eigenvalue weighted by Crippen LogP contribution is -2.38. The van der Waals surface area contributed by atoms with Crippen molar-refractivity contribution < 1.29 is 39.6 Å². The fourth-order valence-electron chi connectivity index (χ4n) is 8.41. The summed E-state index contributed by atoms with van der Waals surface area (Å²) in [5.74, 6) is -8.32. The van der Waals surface area contributed by atoms with Crippen molar-refractivity contribution in [1.82, 2.24) is 34.4 Å². The number of carbonyl (C=O) groups is 1. The van der Waals surface area contributed by atoms with Gasteiger partial charge in [-0.05, 0) is 85.0 Å². The van der Waals surface area contributed by atoms with Crippen LogP contribution < -0.4 is 15.6 Å². The van der Waals surface area contributed by atoms with Gasteiger partial charge in [0.1, 0.15) is 35.4 Å². The molecule has 2 N–H and O–H groups in total. The zero-order chi connectivity index (χ0) is 41.9. The van der Waals surface area contributed by atoms with E-state index >= 15 is 8.78 Å². The predicted molar refractivity (Wildman–Crippen MR) is 204 cm³/mol. The van der Waals surface area contributed by atoms with Gasteiger partial charge in [0.05, 0.1) is 44.8 Å². The number of rotatable bonds is 12. The van der Waals surface area contributed by atoms with Crippen LogP contribution in [0.15, 0.2) is 53.3 Å². The molecule has 6 aromatic rings. The molecule has 0 saturated heterocycles. The molecule has 3 aromatic heterocycles. The Morgan fingerprint density at radius 3 is 2.44 bits per heavy atom. The molecule has 3 aliphatic carbocycles. The summed E-state index contributed by atoms with van der Waals surface area (Å²) in [5.41, 5.74) is -1.23. The Bertz CT molecular complexity index is 2910. The van der Waals surface area contributed by atoms with Gasteiger partial charge >= 0.3 is 0 Å². The Morgan fingerprint density at radius 1 is 1.03 bits per heavy atom. The Kier molecular flexibility index (Phi) is 9.15. The van der Waals surface area contributed by atoms with E-state index < -0.39 is 87.7 Å². The largest absolute Gasteiger partial charge is 0.344 e. The first-order chi connectivity index (χ1) is 27.9. The normalized spacial score (nSPS) is 18.7. The predicted octanol–water partition coefficient (Wildman–Crippen LogP) is 6.97. The maximum atomic E-state index is 15.5. The van der Waals surface area contributed by atoms with Crippen molar-refractivity contribution in [3.05, 3.63) is 109 Å². The number of benzene rings is 3. The highest BCUT2D eigenvalue weighted by Crippen LogP contribution is 2.68. The minimum absolute atomic E-state index is 0.00388. The molecule has 0 aliphatic heterocycles. The monoisotopic (exact) mass is 858 g/mol. The lowest BCUT2D eigenvalue weighted by Gasteiger charge is -2.24. The maximum absolute atomic E-state index is 15.5. The molecule has 0 bridgehead atoms. The van der Waals surface area contributed by atoms with Crippen molar-refractivity contribution in [3.8, 4) is 5.69 Å². The maximum Gasteiger partial charge on any atom is 0.293 e. The molecule has 0 unspecified atom stereocenters. The molecule has 2 saturated carbocycles. The van der Waals surface area contributed by atoms with E-state index in [2.05, 4.69) is 20.2 Å². The first-order valence-electron chi connectivity index (χ1n) is 18.6. The topological polar surface area (TPSA) is 146 Å². The van der Waals surface area contributed by atoms with E-state index in [0.29, 0.717) is 23.1 Å². The highest BCUT2D eigenvalue weighted by molar-refractivity contribution is 7.92. The number of nitrogens with zero attached hydrogens (tertiary/aromatic N) is 6. The SMILES string of the molecule is Cn1nc(NS(C)(=O)=O)c2c(Cl)ccc(-n3c([C@H](Cc4cc(F)cc(F)c4)NC(=O)Cn4nc(C(F)F)c5c4C(F)(F)[C@@H]4C[C@H]54)nc4cc(CC5CC5)ccc4c3=O)c21. The summed E-state index contributed by atoms with van der Waals surface area (Å²) in [4.78, 5) is 33.8. The third kappa shape index (κ3) is 7.00. The Balaban J connectivity index is 1.23. The van der Waals surface area contributed by atoms with E-state index in [-0.39, 0.29) is 61.7 Å². The summed E-state index contributed by atoms with van der Waals surface area (Å²) >= 11 is 6.61. The number of hydrogen-bond donors (Lipinski definition) is 2. The highest BCUT2D eigenvalue weighted by atomic mass is 35.5. The standard InChI is InChI=1S/C39H33ClF6N8O4S/c1-52-33-28(8-7-25(40)31(33)36(50-52)51-59(2,57)58)54-37(48-26-12-18(9-17-3-4-17)5-6-22(26)38(54)56)27(13-19-10-20(41)14-21(42)11-19)47-29(55)16-53-34-30(32(49-53)35(43)44)23-15-24(23)39(34,45)46/h5-8,10-12,14,17,23-24,27,35H,3-4,9,13,15-16H2,1-2H3,(H,47,55)(H,50,51)/t23-,24+,27-/m0/s1. The smallest absolute Gasteiger partial charge is 0.293 e. The van der Waals surface area contributed by atoms with Crippen LogP contribution in [0.5, 0.6) is 0 Å². The molecule has 3 aliphatic rings. The Morgan fingerprint density at radius 2 is 1.76 bits per heavy atom. The second-order valence-electron chi connectivity index (χ2n) is 15.5. The molecule has 3 heterocycles. The second-order valence-corrected chi connectivity index (χ2v) is 17.7. The van der Waals surface area contributed by atoms with Gasteiger partial charge in [-0.15, -0.1) is 0 Å². The number of sulfonamides is 1. The molecule has 59 heavy (non-hydrogen) atoms. The van der Waals surface area contributed by atoms with Crippen molar-refractivity contribution >= 4 is 55.2 Å².